The second kappa shape index (κ2) is 7.45. The van der Waals surface area contributed by atoms with Crippen molar-refractivity contribution < 1.29 is 9.53 Å². The van der Waals surface area contributed by atoms with Crippen LogP contribution in [0.1, 0.15) is 43.7 Å². The van der Waals surface area contributed by atoms with Crippen molar-refractivity contribution in [2.24, 2.45) is 5.73 Å². The van der Waals surface area contributed by atoms with Crippen LogP contribution in [0.5, 0.6) is 0 Å². The van der Waals surface area contributed by atoms with Gasteiger partial charge < -0.3 is 10.5 Å². The molecular weight excluding hydrogens is 340 g/mol. The van der Waals surface area contributed by atoms with Crippen LogP contribution in [-0.4, -0.2) is 23.4 Å². The van der Waals surface area contributed by atoms with Crippen LogP contribution in [0.15, 0.2) is 21.6 Å². The summed E-state index contributed by atoms with van der Waals surface area (Å²) in [6, 6.07) is -0.669. The smallest absolute Gasteiger partial charge is 0.149 e. The number of aromatic nitrogens is 1. The van der Waals surface area contributed by atoms with E-state index in [0.29, 0.717) is 6.61 Å². The average Bonchev–Trinajstić information content (AvgIpc) is 2.86. The number of nitrogens with two attached hydrogens (primary N) is 1. The summed E-state index contributed by atoms with van der Waals surface area (Å²) in [6.45, 7) is 2.02. The van der Waals surface area contributed by atoms with E-state index in [0.717, 1.165) is 22.5 Å². The molecule has 1 aromatic rings. The van der Waals surface area contributed by atoms with E-state index in [2.05, 4.69) is 27.0 Å². The molecule has 1 aliphatic rings. The van der Waals surface area contributed by atoms with Gasteiger partial charge in [0.2, 0.25) is 0 Å². The Bertz CT molecular complexity index is 501. The molecule has 1 aromatic heterocycles. The second-order valence-electron chi connectivity index (χ2n) is 4.98. The Hall–Kier alpha value is -0.560. The van der Waals surface area contributed by atoms with Crippen molar-refractivity contribution in [1.82, 2.24) is 4.98 Å². The van der Waals surface area contributed by atoms with E-state index in [1.54, 1.807) is 0 Å². The van der Waals surface area contributed by atoms with Crippen LogP contribution < -0.4 is 5.73 Å². The highest BCUT2D eigenvalue weighted by Gasteiger charge is 2.27. The van der Waals surface area contributed by atoms with E-state index < -0.39 is 12.1 Å². The fourth-order valence-corrected chi connectivity index (χ4v) is 3.53. The quantitative estimate of drug-likeness (QED) is 0.791. The number of ketones is 1. The first-order chi connectivity index (χ1) is 9.58. The molecule has 0 bridgehead atoms. The molecule has 1 heterocycles. The predicted octanol–water partition coefficient (Wildman–Crippen LogP) is 3.38. The first kappa shape index (κ1) is 15.8. The number of Topliss-reactive ketones (excluding diaryl/α,β-unsaturated/α-hetero) is 1. The maximum absolute atomic E-state index is 11.6. The minimum absolute atomic E-state index is 0.0843. The number of carbonyl (C=O) groups is 1. The first-order valence-corrected chi connectivity index (χ1v) is 8.41. The van der Waals surface area contributed by atoms with Crippen LogP contribution in [0.3, 0.4) is 0 Å². The highest BCUT2D eigenvalue weighted by atomic mass is 79.9. The Morgan fingerprint density at radius 3 is 2.95 bits per heavy atom. The fraction of sp³-hybridized carbons (Fsp3) is 0.571. The molecular formula is C14H19BrN2O2S. The third-order valence-electron chi connectivity index (χ3n) is 3.37. The van der Waals surface area contributed by atoms with Gasteiger partial charge in [0.25, 0.3) is 0 Å². The van der Waals surface area contributed by atoms with Crippen LogP contribution in [0.25, 0.3) is 0 Å². The summed E-state index contributed by atoms with van der Waals surface area (Å²) in [5, 5.41) is 2.62. The molecule has 2 atom stereocenters. The van der Waals surface area contributed by atoms with Gasteiger partial charge in [0.15, 0.2) is 0 Å². The number of hydrogen-bond acceptors (Lipinski definition) is 5. The maximum atomic E-state index is 11.6. The molecule has 2 rings (SSSR count). The van der Waals surface area contributed by atoms with Crippen LogP contribution in [-0.2, 0) is 9.53 Å². The Morgan fingerprint density at radius 2 is 2.40 bits per heavy atom. The third kappa shape index (κ3) is 4.22. The third-order valence-corrected chi connectivity index (χ3v) is 4.98. The maximum Gasteiger partial charge on any atom is 0.149 e. The monoisotopic (exact) mass is 358 g/mol. The van der Waals surface area contributed by atoms with Gasteiger partial charge in [-0.15, -0.1) is 11.3 Å². The van der Waals surface area contributed by atoms with E-state index in [1.165, 1.54) is 36.7 Å². The van der Waals surface area contributed by atoms with E-state index in [9.17, 15) is 4.79 Å². The molecule has 0 radical (unpaired) electrons. The summed E-state index contributed by atoms with van der Waals surface area (Å²) in [6.07, 6.45) is 6.42. The zero-order chi connectivity index (χ0) is 14.5. The first-order valence-electron chi connectivity index (χ1n) is 6.74. The Kier molecular flexibility index (Phi) is 5.89. The van der Waals surface area contributed by atoms with Crippen molar-refractivity contribution >= 4 is 33.0 Å². The summed E-state index contributed by atoms with van der Waals surface area (Å²) < 4.78 is 6.67. The molecule has 20 heavy (non-hydrogen) atoms. The Labute approximate surface area is 131 Å². The normalized spacial score (nSPS) is 18.4. The molecule has 4 nitrogen and oxygen atoms in total. The number of ether oxygens (including phenoxy) is 1. The van der Waals surface area contributed by atoms with Gasteiger partial charge in [-0.1, -0.05) is 6.08 Å². The second-order valence-corrected chi connectivity index (χ2v) is 6.69. The van der Waals surface area contributed by atoms with Crippen molar-refractivity contribution in [1.29, 1.82) is 0 Å². The molecule has 0 spiro atoms. The van der Waals surface area contributed by atoms with Gasteiger partial charge in [-0.05, 0) is 54.1 Å². The van der Waals surface area contributed by atoms with Gasteiger partial charge in [0.1, 0.15) is 21.5 Å². The van der Waals surface area contributed by atoms with Crippen molar-refractivity contribution in [3.05, 3.63) is 26.6 Å². The SMILES string of the molecule is CC(=O)[C@@H](N)[C@H](OCC1=CCCCC1)c1nc(Br)cs1. The molecule has 110 valence electrons. The average molecular weight is 359 g/mol. The highest BCUT2D eigenvalue weighted by Crippen LogP contribution is 2.28. The number of carbonyl (C=O) groups excluding carboxylic acids is 1. The lowest BCUT2D eigenvalue weighted by Gasteiger charge is -2.22. The number of thiazole rings is 1. The summed E-state index contributed by atoms with van der Waals surface area (Å²) >= 11 is 4.78. The van der Waals surface area contributed by atoms with E-state index in [1.807, 2.05) is 5.38 Å². The molecule has 2 N–H and O–H groups in total. The topological polar surface area (TPSA) is 65.2 Å². The zero-order valence-electron chi connectivity index (χ0n) is 11.5. The number of allylic oxidation sites excluding steroid dienone is 1. The molecule has 0 saturated heterocycles. The summed E-state index contributed by atoms with van der Waals surface area (Å²) in [7, 11) is 0. The molecule has 0 unspecified atom stereocenters. The molecule has 0 aliphatic heterocycles. The largest absolute Gasteiger partial charge is 0.365 e. The van der Waals surface area contributed by atoms with Crippen LogP contribution in [0, 0.1) is 0 Å². The highest BCUT2D eigenvalue weighted by molar-refractivity contribution is 9.10. The van der Waals surface area contributed by atoms with Crippen molar-refractivity contribution in [2.75, 3.05) is 6.61 Å². The van der Waals surface area contributed by atoms with E-state index in [-0.39, 0.29) is 5.78 Å². The summed E-state index contributed by atoms with van der Waals surface area (Å²) in [4.78, 5) is 15.9. The molecule has 0 aromatic carbocycles. The molecule has 0 saturated carbocycles. The summed E-state index contributed by atoms with van der Waals surface area (Å²) in [5.74, 6) is -0.0843. The van der Waals surface area contributed by atoms with Gasteiger partial charge in [-0.2, -0.15) is 0 Å². The van der Waals surface area contributed by atoms with Gasteiger partial charge in [-0.25, -0.2) is 4.98 Å². The van der Waals surface area contributed by atoms with Gasteiger partial charge >= 0.3 is 0 Å². The lowest BCUT2D eigenvalue weighted by atomic mass is 10.0. The standard InChI is InChI=1S/C14H19BrN2O2S/c1-9(18)12(16)13(14-17-11(15)8-20-14)19-7-10-5-3-2-4-6-10/h5,8,12-13H,2-4,6-7,16H2,1H3/t12-,13+/m1/s1. The molecule has 0 amide bonds. The fourth-order valence-electron chi connectivity index (χ4n) is 2.17. The number of rotatable bonds is 6. The summed E-state index contributed by atoms with van der Waals surface area (Å²) in [5.41, 5.74) is 7.27. The lowest BCUT2D eigenvalue weighted by molar-refractivity contribution is -0.121. The predicted molar refractivity (Wildman–Crippen MR) is 83.7 cm³/mol. The minimum Gasteiger partial charge on any atom is -0.365 e. The van der Waals surface area contributed by atoms with Crippen LogP contribution >= 0.6 is 27.3 Å². The van der Waals surface area contributed by atoms with Gasteiger partial charge in [0, 0.05) is 5.38 Å². The van der Waals surface area contributed by atoms with Crippen molar-refractivity contribution in [3.8, 4) is 0 Å². The Morgan fingerprint density at radius 1 is 1.60 bits per heavy atom. The van der Waals surface area contributed by atoms with Crippen molar-refractivity contribution in [2.45, 2.75) is 44.8 Å². The van der Waals surface area contributed by atoms with E-state index >= 15 is 0 Å². The van der Waals surface area contributed by atoms with Crippen molar-refractivity contribution in [3.63, 3.8) is 0 Å². The number of nitrogens with zero attached hydrogens (tertiary/aromatic N) is 1. The number of halogens is 1. The Balaban J connectivity index is 2.06. The molecule has 1 aliphatic carbocycles. The molecule has 0 fully saturated rings. The van der Waals surface area contributed by atoms with Gasteiger partial charge in [-0.3, -0.25) is 4.79 Å². The van der Waals surface area contributed by atoms with Gasteiger partial charge in [0.05, 0.1) is 12.6 Å². The zero-order valence-corrected chi connectivity index (χ0v) is 13.9. The van der Waals surface area contributed by atoms with Crippen LogP contribution in [0.2, 0.25) is 0 Å². The van der Waals surface area contributed by atoms with E-state index in [4.69, 9.17) is 10.5 Å². The molecule has 6 heteroatoms. The number of hydrogen-bond donors (Lipinski definition) is 1. The van der Waals surface area contributed by atoms with Crippen LogP contribution in [0.4, 0.5) is 0 Å². The minimum atomic E-state index is -0.669. The lowest BCUT2D eigenvalue weighted by Crippen LogP contribution is -2.37.